The molecule has 0 saturated heterocycles. The first kappa shape index (κ1) is 82.7. The highest BCUT2D eigenvalue weighted by atomic mass is 28.3. The van der Waals surface area contributed by atoms with E-state index in [0.29, 0.717) is 69.5 Å². The number of aromatic nitrogens is 2. The number of hydrogen-bond donors (Lipinski definition) is 2. The van der Waals surface area contributed by atoms with Crippen molar-refractivity contribution < 1.29 is 28.5 Å². The van der Waals surface area contributed by atoms with E-state index in [1.807, 2.05) is 13.8 Å². The summed E-state index contributed by atoms with van der Waals surface area (Å²) < 4.78 is 53.0. The molecule has 1 fully saturated rings. The van der Waals surface area contributed by atoms with Crippen LogP contribution in [0.25, 0.3) is 77.2 Å². The minimum atomic E-state index is -2.03. The molecule has 14 heteroatoms. The summed E-state index contributed by atoms with van der Waals surface area (Å²) in [5, 5.41) is 41.2. The van der Waals surface area contributed by atoms with E-state index in [2.05, 4.69) is 283 Å². The van der Waals surface area contributed by atoms with E-state index < -0.39 is 60.1 Å². The smallest absolute Gasteiger partial charge is 0.147 e. The van der Waals surface area contributed by atoms with Gasteiger partial charge in [0.25, 0.3) is 0 Å². The summed E-state index contributed by atoms with van der Waals surface area (Å²) in [4.78, 5) is 0. The number of aryl methyl sites for hydroxylation is 4. The number of ether oxygens (including phenoxy) is 2. The number of rotatable bonds is 20. The van der Waals surface area contributed by atoms with Crippen molar-refractivity contribution in [3.63, 3.8) is 0 Å². The van der Waals surface area contributed by atoms with Gasteiger partial charge >= 0.3 is 0 Å². The molecule has 0 spiro atoms. The number of halogens is 2. The average Bonchev–Trinajstić information content (AvgIpc) is 1.55. The van der Waals surface area contributed by atoms with Crippen molar-refractivity contribution in [2.24, 2.45) is 22.7 Å². The minimum absolute atomic E-state index is 0.0347. The van der Waals surface area contributed by atoms with Crippen LogP contribution in [0.15, 0.2) is 97.1 Å². The molecule has 1 aliphatic carbocycles. The summed E-state index contributed by atoms with van der Waals surface area (Å²) in [5.74, 6) is 0.559. The number of nitrogens with zero attached hydrogens (tertiary/aromatic N) is 2. The number of aromatic hydroxyl groups is 2. The number of fused-ring (bicyclic) bond motifs is 6. The van der Waals surface area contributed by atoms with Gasteiger partial charge in [0.2, 0.25) is 0 Å². The molecule has 2 N–H and O–H groups in total. The van der Waals surface area contributed by atoms with Crippen molar-refractivity contribution in [2.75, 3.05) is 13.2 Å². The molecule has 2 aromatic heterocycles. The van der Waals surface area contributed by atoms with Crippen molar-refractivity contribution in [3.8, 4) is 56.6 Å². The van der Waals surface area contributed by atoms with Gasteiger partial charge in [-0.05, 0) is 203 Å². The monoisotopic (exact) mass is 1560 g/mol. The SMILES string of the molecule is Cc1cc([Si](C)(C)C)c2c3c([Si](C)(C)C)cc([Si](C)(C)C)cc3n(-c3cc(C(C)(C)CC(C)(C)C)cc(-c4cc(F)cc(C)c4OC[C@@H]4CCCC[C@H]4COc4c(C)cc(F)cc4-c4cc(C(C)(C)CC(C)(C)C)cc(-n5c6cc(C)cc([Si](C)(C)C)c6c6c([Si](C)(C)C)cc([Si](C)(C)C)cc65)c4O)c3O)c2c1. The lowest BCUT2D eigenvalue weighted by Gasteiger charge is -2.34. The second-order valence-corrected chi connectivity index (χ2v) is 73.4. The topological polar surface area (TPSA) is 68.8 Å². The van der Waals surface area contributed by atoms with E-state index in [4.69, 9.17) is 9.47 Å². The normalized spacial score (nSPS) is 15.8. The zero-order valence-electron chi connectivity index (χ0n) is 72.4. The predicted molar refractivity (Wildman–Crippen MR) is 483 cm³/mol. The summed E-state index contributed by atoms with van der Waals surface area (Å²) in [7, 11) is -11.9. The lowest BCUT2D eigenvalue weighted by Crippen LogP contribution is -2.46. The van der Waals surface area contributed by atoms with Gasteiger partial charge in [-0.1, -0.05) is 245 Å². The van der Waals surface area contributed by atoms with Gasteiger partial charge in [-0.15, -0.1) is 0 Å². The maximum absolute atomic E-state index is 16.8. The van der Waals surface area contributed by atoms with Crippen LogP contribution in [-0.4, -0.2) is 81.0 Å². The first-order valence-electron chi connectivity index (χ1n) is 40.3. The van der Waals surface area contributed by atoms with Gasteiger partial charge in [-0.25, -0.2) is 8.78 Å². The molecule has 0 radical (unpaired) electrons. The Balaban J connectivity index is 1.06. The van der Waals surface area contributed by atoms with E-state index >= 15 is 8.78 Å². The molecule has 0 aliphatic heterocycles. The van der Waals surface area contributed by atoms with Gasteiger partial charge in [0, 0.05) is 43.8 Å². The van der Waals surface area contributed by atoms with Crippen molar-refractivity contribution >= 4 is 123 Å². The second kappa shape index (κ2) is 28.4. The van der Waals surface area contributed by atoms with Gasteiger partial charge in [0.05, 0.1) is 95.1 Å². The highest BCUT2D eigenvalue weighted by Crippen LogP contribution is 2.52. The lowest BCUT2D eigenvalue weighted by molar-refractivity contribution is 0.105. The third-order valence-electron chi connectivity index (χ3n) is 23.4. The third-order valence-corrected chi connectivity index (χ3v) is 35.4. The van der Waals surface area contributed by atoms with Gasteiger partial charge < -0.3 is 28.8 Å². The molecule has 1 saturated carbocycles. The van der Waals surface area contributed by atoms with Gasteiger partial charge in [-0.3, -0.25) is 0 Å². The van der Waals surface area contributed by atoms with E-state index in [1.54, 1.807) is 24.3 Å². The molecule has 2 heterocycles. The van der Waals surface area contributed by atoms with Crippen LogP contribution in [0.4, 0.5) is 8.78 Å². The molecule has 0 amide bonds. The summed E-state index contributed by atoms with van der Waals surface area (Å²) in [6, 6.07) is 34.6. The number of phenols is 2. The number of phenolic OH excluding ortho intramolecular Hbond substituents is 2. The molecule has 580 valence electrons. The van der Waals surface area contributed by atoms with E-state index in [-0.39, 0.29) is 45.0 Å². The molecule has 10 aromatic rings. The van der Waals surface area contributed by atoms with Crippen LogP contribution in [-0.2, 0) is 10.8 Å². The molecule has 1 aliphatic rings. The highest BCUT2D eigenvalue weighted by Gasteiger charge is 2.39. The van der Waals surface area contributed by atoms with Crippen LogP contribution in [0.5, 0.6) is 23.0 Å². The van der Waals surface area contributed by atoms with Crippen molar-refractivity contribution in [2.45, 2.75) is 264 Å². The summed E-state index contributed by atoms with van der Waals surface area (Å²) in [5.41, 5.74) is 12.9. The molecule has 2 atom stereocenters. The van der Waals surface area contributed by atoms with Crippen LogP contribution in [0.2, 0.25) is 118 Å². The lowest BCUT2D eigenvalue weighted by atomic mass is 9.71. The van der Waals surface area contributed by atoms with E-state index in [9.17, 15) is 10.2 Å². The molecule has 0 bridgehead atoms. The molecule has 0 unspecified atom stereocenters. The largest absolute Gasteiger partial charge is 0.505 e. The van der Waals surface area contributed by atoms with E-state index in [0.717, 1.165) is 71.7 Å². The van der Waals surface area contributed by atoms with Crippen LogP contribution >= 0.6 is 0 Å². The summed E-state index contributed by atoms with van der Waals surface area (Å²) in [6.45, 7) is 76.2. The fourth-order valence-corrected chi connectivity index (χ4v) is 27.6. The second-order valence-electron chi connectivity index (χ2n) is 43.1. The Bertz CT molecular complexity index is 4870. The van der Waals surface area contributed by atoms with Gasteiger partial charge in [0.15, 0.2) is 0 Å². The summed E-state index contributed by atoms with van der Waals surface area (Å²) >= 11 is 0. The minimum Gasteiger partial charge on any atom is -0.505 e. The van der Waals surface area contributed by atoms with Crippen LogP contribution in [0.3, 0.4) is 0 Å². The maximum atomic E-state index is 16.8. The fraction of sp³-hybridized carbons (Fsp3) is 0.489. The van der Waals surface area contributed by atoms with Crippen molar-refractivity contribution in [1.82, 2.24) is 9.13 Å². The first-order valence-corrected chi connectivity index (χ1v) is 61.3. The molecular formula is C94H132F2N2O4Si6. The Labute approximate surface area is 654 Å². The standard InChI is InChI=1S/C94H132F2N2O4Si6/c1-57-37-73-83(79(39-57)105(21,22)23)85-75(49-67(103(15,16)17)51-81(85)107(27,28)29)97(73)77-45-63(93(11,12)55-91(5,6)7)43-69(87(77)99)71-47-65(95)41-59(3)89(71)101-53-61-35-33-34-36-62(61)54-102-90-60(4)42-66(96)48-72(90)70-44-64(94(13,14)56-92(8,9)10)46-78(88(70)100)98-74-38-58(2)40-80(106(24,25)26)84(74)86-76(98)50-68(104(18,19)20)52-82(86)108(30,31)32/h37-52,61-62,99-100H,33-36,53-56H2,1-32H3/t61-,62-/m0/s1. The Kier molecular flexibility index (Phi) is 21.8. The van der Waals surface area contributed by atoms with Gasteiger partial charge in [-0.2, -0.15) is 0 Å². The molecule has 6 nitrogen and oxygen atoms in total. The van der Waals surface area contributed by atoms with Crippen LogP contribution in [0, 0.1) is 62.0 Å². The quantitative estimate of drug-likeness (QED) is 0.0746. The third kappa shape index (κ3) is 16.5. The van der Waals surface area contributed by atoms with Crippen molar-refractivity contribution in [1.29, 1.82) is 0 Å². The number of hydrogen-bond acceptors (Lipinski definition) is 4. The fourth-order valence-electron chi connectivity index (χ4n) is 18.5. The first-order chi connectivity index (χ1) is 49.4. The van der Waals surface area contributed by atoms with Crippen LogP contribution in [0.1, 0.15) is 141 Å². The Morgan fingerprint density at radius 1 is 0.370 bits per heavy atom. The average molecular weight is 1560 g/mol. The van der Waals surface area contributed by atoms with Crippen molar-refractivity contribution in [3.05, 3.63) is 142 Å². The molecule has 108 heavy (non-hydrogen) atoms. The molecule has 11 rings (SSSR count). The summed E-state index contributed by atoms with van der Waals surface area (Å²) in [6.07, 6.45) is 5.52. The Morgan fingerprint density at radius 3 is 0.954 bits per heavy atom. The molecular weight excluding hydrogens is 1430 g/mol. The van der Waals surface area contributed by atoms with Gasteiger partial charge in [0.1, 0.15) is 34.6 Å². The molecule has 8 aromatic carbocycles. The maximum Gasteiger partial charge on any atom is 0.147 e. The highest BCUT2D eigenvalue weighted by molar-refractivity contribution is 6.95. The zero-order chi connectivity index (χ0) is 80.2. The Morgan fingerprint density at radius 2 is 0.667 bits per heavy atom. The number of benzene rings is 8. The zero-order valence-corrected chi connectivity index (χ0v) is 78.4. The van der Waals surface area contributed by atoms with E-state index in [1.165, 1.54) is 63.8 Å². The Hall–Kier alpha value is -6.28. The van der Waals surface area contributed by atoms with Crippen LogP contribution < -0.4 is 40.6 Å². The predicted octanol–water partition coefficient (Wildman–Crippen LogP) is 24.1.